The zero-order chi connectivity index (χ0) is 15.2. The van der Waals surface area contributed by atoms with Crippen molar-refractivity contribution >= 4 is 5.78 Å². The summed E-state index contributed by atoms with van der Waals surface area (Å²) in [6.45, 7) is 6.95. The first-order valence-electron chi connectivity index (χ1n) is 8.00. The maximum Gasteiger partial charge on any atom is 0.159 e. The number of hydrogen-bond donors (Lipinski definition) is 0. The molecule has 2 atom stereocenters. The SMILES string of the molecule is CCOc1ccc(C(C)=O)cc1COC1CCCCC1C. The van der Waals surface area contributed by atoms with Gasteiger partial charge in [0, 0.05) is 11.1 Å². The number of ketones is 1. The van der Waals surface area contributed by atoms with E-state index in [2.05, 4.69) is 6.92 Å². The van der Waals surface area contributed by atoms with Gasteiger partial charge < -0.3 is 9.47 Å². The highest BCUT2D eigenvalue weighted by Crippen LogP contribution is 2.29. The van der Waals surface area contributed by atoms with Crippen molar-refractivity contribution < 1.29 is 14.3 Å². The van der Waals surface area contributed by atoms with Gasteiger partial charge in [-0.25, -0.2) is 0 Å². The molecule has 2 unspecified atom stereocenters. The van der Waals surface area contributed by atoms with Crippen LogP contribution in [0.15, 0.2) is 18.2 Å². The van der Waals surface area contributed by atoms with E-state index >= 15 is 0 Å². The minimum atomic E-state index is 0.0744. The molecule has 0 N–H and O–H groups in total. The van der Waals surface area contributed by atoms with Crippen LogP contribution < -0.4 is 4.74 Å². The zero-order valence-electron chi connectivity index (χ0n) is 13.4. The van der Waals surface area contributed by atoms with Crippen molar-refractivity contribution in [2.24, 2.45) is 5.92 Å². The average molecular weight is 290 g/mol. The third kappa shape index (κ3) is 4.31. The second-order valence-corrected chi connectivity index (χ2v) is 5.92. The zero-order valence-corrected chi connectivity index (χ0v) is 13.4. The monoisotopic (exact) mass is 290 g/mol. The van der Waals surface area contributed by atoms with Gasteiger partial charge in [0.25, 0.3) is 0 Å². The van der Waals surface area contributed by atoms with Crippen LogP contribution in [0.25, 0.3) is 0 Å². The number of rotatable bonds is 6. The van der Waals surface area contributed by atoms with Gasteiger partial charge in [-0.3, -0.25) is 4.79 Å². The molecule has 3 nitrogen and oxygen atoms in total. The highest BCUT2D eigenvalue weighted by molar-refractivity contribution is 5.94. The van der Waals surface area contributed by atoms with Gasteiger partial charge in [0.05, 0.1) is 19.3 Å². The molecule has 0 aromatic heterocycles. The van der Waals surface area contributed by atoms with Crippen LogP contribution >= 0.6 is 0 Å². The van der Waals surface area contributed by atoms with Crippen molar-refractivity contribution in [2.75, 3.05) is 6.61 Å². The Labute approximate surface area is 127 Å². The van der Waals surface area contributed by atoms with E-state index in [-0.39, 0.29) is 5.78 Å². The Morgan fingerprint density at radius 1 is 1.29 bits per heavy atom. The predicted molar refractivity (Wildman–Crippen MR) is 83.8 cm³/mol. The molecule has 0 amide bonds. The minimum Gasteiger partial charge on any atom is -0.494 e. The largest absolute Gasteiger partial charge is 0.494 e. The highest BCUT2D eigenvalue weighted by Gasteiger charge is 2.22. The minimum absolute atomic E-state index is 0.0744. The summed E-state index contributed by atoms with van der Waals surface area (Å²) in [7, 11) is 0. The smallest absolute Gasteiger partial charge is 0.159 e. The van der Waals surface area contributed by atoms with E-state index in [4.69, 9.17) is 9.47 Å². The second kappa shape index (κ2) is 7.60. The number of hydrogen-bond acceptors (Lipinski definition) is 3. The van der Waals surface area contributed by atoms with Crippen LogP contribution in [-0.2, 0) is 11.3 Å². The molecule has 116 valence electrons. The van der Waals surface area contributed by atoms with Crippen molar-refractivity contribution in [3.8, 4) is 5.75 Å². The molecular weight excluding hydrogens is 264 g/mol. The Balaban J connectivity index is 2.08. The third-order valence-corrected chi connectivity index (χ3v) is 4.25. The predicted octanol–water partition coefficient (Wildman–Crippen LogP) is 4.38. The Morgan fingerprint density at radius 2 is 2.05 bits per heavy atom. The molecule has 1 saturated carbocycles. The van der Waals surface area contributed by atoms with Gasteiger partial charge in [-0.15, -0.1) is 0 Å². The Morgan fingerprint density at radius 3 is 2.71 bits per heavy atom. The lowest BCUT2D eigenvalue weighted by Gasteiger charge is -2.29. The molecule has 1 aliphatic carbocycles. The lowest BCUT2D eigenvalue weighted by molar-refractivity contribution is -0.0162. The molecular formula is C18H26O3. The third-order valence-electron chi connectivity index (χ3n) is 4.25. The maximum absolute atomic E-state index is 11.5. The van der Waals surface area contributed by atoms with E-state index in [0.29, 0.717) is 30.8 Å². The molecule has 1 fully saturated rings. The summed E-state index contributed by atoms with van der Waals surface area (Å²) in [4.78, 5) is 11.5. The Kier molecular flexibility index (Phi) is 5.80. The van der Waals surface area contributed by atoms with Gasteiger partial charge in [0.15, 0.2) is 5.78 Å². The summed E-state index contributed by atoms with van der Waals surface area (Å²) in [5.74, 6) is 1.52. The first kappa shape index (κ1) is 16.0. The van der Waals surface area contributed by atoms with E-state index < -0.39 is 0 Å². The second-order valence-electron chi connectivity index (χ2n) is 5.92. The summed E-state index contributed by atoms with van der Waals surface area (Å²) in [5, 5.41) is 0. The van der Waals surface area contributed by atoms with Crippen LogP contribution in [-0.4, -0.2) is 18.5 Å². The molecule has 0 radical (unpaired) electrons. The fourth-order valence-corrected chi connectivity index (χ4v) is 2.93. The number of carbonyl (C=O) groups is 1. The topological polar surface area (TPSA) is 35.5 Å². The van der Waals surface area contributed by atoms with E-state index in [9.17, 15) is 4.79 Å². The standard InChI is InChI=1S/C18H26O3/c1-4-20-18-10-9-15(14(3)19)11-16(18)12-21-17-8-6-5-7-13(17)2/h9-11,13,17H,4-8,12H2,1-3H3. The van der Waals surface area contributed by atoms with Crippen molar-refractivity contribution in [1.82, 2.24) is 0 Å². The summed E-state index contributed by atoms with van der Waals surface area (Å²) >= 11 is 0. The number of Topliss-reactive ketones (excluding diaryl/α,β-unsaturated/α-hetero) is 1. The maximum atomic E-state index is 11.5. The van der Waals surface area contributed by atoms with E-state index in [1.807, 2.05) is 25.1 Å². The van der Waals surface area contributed by atoms with E-state index in [1.54, 1.807) is 6.92 Å². The number of carbonyl (C=O) groups excluding carboxylic acids is 1. The Hall–Kier alpha value is -1.35. The first-order valence-corrected chi connectivity index (χ1v) is 8.00. The van der Waals surface area contributed by atoms with Crippen molar-refractivity contribution in [3.63, 3.8) is 0 Å². The van der Waals surface area contributed by atoms with Gasteiger partial charge in [0.2, 0.25) is 0 Å². The van der Waals surface area contributed by atoms with Gasteiger partial charge in [-0.1, -0.05) is 19.8 Å². The number of ether oxygens (including phenoxy) is 2. The van der Waals surface area contributed by atoms with Crippen LogP contribution in [0.2, 0.25) is 0 Å². The summed E-state index contributed by atoms with van der Waals surface area (Å²) in [6.07, 6.45) is 5.27. The molecule has 0 aliphatic heterocycles. The summed E-state index contributed by atoms with van der Waals surface area (Å²) in [5.41, 5.74) is 1.69. The van der Waals surface area contributed by atoms with Crippen LogP contribution in [0.5, 0.6) is 5.75 Å². The average Bonchev–Trinajstić information content (AvgIpc) is 2.47. The van der Waals surface area contributed by atoms with Crippen molar-refractivity contribution in [3.05, 3.63) is 29.3 Å². The molecule has 0 spiro atoms. The molecule has 0 saturated heterocycles. The molecule has 1 aromatic rings. The molecule has 1 aromatic carbocycles. The van der Waals surface area contributed by atoms with Gasteiger partial charge in [0.1, 0.15) is 5.75 Å². The fourth-order valence-electron chi connectivity index (χ4n) is 2.93. The van der Waals surface area contributed by atoms with E-state index in [0.717, 1.165) is 17.7 Å². The van der Waals surface area contributed by atoms with Crippen LogP contribution in [0.1, 0.15) is 62.4 Å². The quantitative estimate of drug-likeness (QED) is 0.729. The number of benzene rings is 1. The van der Waals surface area contributed by atoms with Gasteiger partial charge in [-0.2, -0.15) is 0 Å². The van der Waals surface area contributed by atoms with E-state index in [1.165, 1.54) is 19.3 Å². The molecule has 2 rings (SSSR count). The Bertz CT molecular complexity index is 481. The molecule has 1 aliphatic rings. The highest BCUT2D eigenvalue weighted by atomic mass is 16.5. The first-order chi connectivity index (χ1) is 10.1. The summed E-state index contributed by atoms with van der Waals surface area (Å²) < 4.78 is 11.8. The lowest BCUT2D eigenvalue weighted by atomic mass is 9.88. The molecule has 0 heterocycles. The summed E-state index contributed by atoms with van der Waals surface area (Å²) in [6, 6.07) is 5.60. The van der Waals surface area contributed by atoms with Crippen LogP contribution in [0.3, 0.4) is 0 Å². The molecule has 0 bridgehead atoms. The molecule has 3 heteroatoms. The lowest BCUT2D eigenvalue weighted by Crippen LogP contribution is -2.25. The fraction of sp³-hybridized carbons (Fsp3) is 0.611. The van der Waals surface area contributed by atoms with Crippen molar-refractivity contribution in [2.45, 2.75) is 59.2 Å². The van der Waals surface area contributed by atoms with Crippen molar-refractivity contribution in [1.29, 1.82) is 0 Å². The van der Waals surface area contributed by atoms with Crippen LogP contribution in [0.4, 0.5) is 0 Å². The van der Waals surface area contributed by atoms with Gasteiger partial charge >= 0.3 is 0 Å². The van der Waals surface area contributed by atoms with Gasteiger partial charge in [-0.05, 0) is 50.8 Å². The van der Waals surface area contributed by atoms with Crippen LogP contribution in [0, 0.1) is 5.92 Å². The molecule has 21 heavy (non-hydrogen) atoms. The normalized spacial score (nSPS) is 22.0.